The molecule has 0 spiro atoms. The van der Waals surface area contributed by atoms with Gasteiger partial charge in [-0.15, -0.1) is 0 Å². The molecule has 0 saturated carbocycles. The molecule has 0 amide bonds. The fourth-order valence-electron chi connectivity index (χ4n) is 2.01. The molecule has 0 aliphatic carbocycles. The fourth-order valence-corrected chi connectivity index (χ4v) is 2.41. The normalized spacial score (nSPS) is 12.2. The summed E-state index contributed by atoms with van der Waals surface area (Å²) in [6.45, 7) is 5.99. The van der Waals surface area contributed by atoms with Gasteiger partial charge in [-0.3, -0.25) is 0 Å². The summed E-state index contributed by atoms with van der Waals surface area (Å²) in [5.41, 5.74) is 3.92. The van der Waals surface area contributed by atoms with Crippen LogP contribution >= 0.6 is 15.9 Å². The smallest absolute Gasteiger partial charge is 0.120 e. The maximum Gasteiger partial charge on any atom is 0.120 e. The van der Waals surface area contributed by atoms with E-state index in [0.717, 1.165) is 27.1 Å². The van der Waals surface area contributed by atoms with Gasteiger partial charge in [-0.2, -0.15) is 0 Å². The van der Waals surface area contributed by atoms with Crippen LogP contribution in [0.3, 0.4) is 0 Å². The Kier molecular flexibility index (Phi) is 4.10. The number of anilines is 1. The van der Waals surface area contributed by atoms with Crippen LogP contribution in [0.25, 0.3) is 0 Å². The number of halogens is 1. The molecule has 2 aromatic rings. The maximum absolute atomic E-state index is 9.93. The van der Waals surface area contributed by atoms with E-state index in [1.807, 2.05) is 45.0 Å². The molecule has 1 atom stereocenters. The fraction of sp³-hybridized carbons (Fsp3) is 0.267. The Hall–Kier alpha value is -1.55. The Labute approximate surface area is 121 Å². The lowest BCUT2D eigenvalue weighted by Crippen LogP contribution is -2.08. The molecular formula is C15H17BrN2O. The molecular weight excluding hydrogens is 304 g/mol. The van der Waals surface area contributed by atoms with Crippen molar-refractivity contribution in [1.82, 2.24) is 4.98 Å². The van der Waals surface area contributed by atoms with Crippen LogP contribution in [-0.2, 0) is 0 Å². The van der Waals surface area contributed by atoms with Crippen molar-refractivity contribution in [2.24, 2.45) is 0 Å². The Morgan fingerprint density at radius 3 is 2.63 bits per heavy atom. The van der Waals surface area contributed by atoms with E-state index in [4.69, 9.17) is 0 Å². The molecule has 19 heavy (non-hydrogen) atoms. The molecule has 2 rings (SSSR count). The second-order valence-corrected chi connectivity index (χ2v) is 5.51. The lowest BCUT2D eigenvalue weighted by atomic mass is 10.0. The number of rotatable bonds is 3. The van der Waals surface area contributed by atoms with Crippen LogP contribution in [0.5, 0.6) is 5.75 Å². The SMILES string of the molecule is Cc1ccc(O)c(C(C)Nc2ccc(Br)nc2C)c1. The van der Waals surface area contributed by atoms with Crippen LogP contribution in [0, 0.1) is 13.8 Å². The molecule has 0 aliphatic rings. The van der Waals surface area contributed by atoms with E-state index in [1.54, 1.807) is 6.07 Å². The van der Waals surface area contributed by atoms with Crippen molar-refractivity contribution in [3.05, 3.63) is 51.8 Å². The molecule has 1 heterocycles. The highest BCUT2D eigenvalue weighted by Gasteiger charge is 2.12. The van der Waals surface area contributed by atoms with Gasteiger partial charge in [-0.25, -0.2) is 4.98 Å². The van der Waals surface area contributed by atoms with Crippen molar-refractivity contribution in [2.45, 2.75) is 26.8 Å². The van der Waals surface area contributed by atoms with Gasteiger partial charge < -0.3 is 10.4 Å². The van der Waals surface area contributed by atoms with E-state index in [0.29, 0.717) is 5.75 Å². The van der Waals surface area contributed by atoms with E-state index >= 15 is 0 Å². The highest BCUT2D eigenvalue weighted by Crippen LogP contribution is 2.28. The number of nitrogens with one attached hydrogen (secondary N) is 1. The molecule has 0 fully saturated rings. The summed E-state index contributed by atoms with van der Waals surface area (Å²) in [5, 5.41) is 13.3. The largest absolute Gasteiger partial charge is 0.508 e. The molecule has 3 nitrogen and oxygen atoms in total. The van der Waals surface area contributed by atoms with Gasteiger partial charge in [-0.1, -0.05) is 17.7 Å². The van der Waals surface area contributed by atoms with Crippen molar-refractivity contribution >= 4 is 21.6 Å². The number of benzene rings is 1. The number of aromatic hydroxyl groups is 1. The Morgan fingerprint density at radius 2 is 1.95 bits per heavy atom. The van der Waals surface area contributed by atoms with Crippen LogP contribution in [0.4, 0.5) is 5.69 Å². The van der Waals surface area contributed by atoms with Gasteiger partial charge in [0, 0.05) is 5.56 Å². The zero-order valence-electron chi connectivity index (χ0n) is 11.2. The van der Waals surface area contributed by atoms with Crippen LogP contribution < -0.4 is 5.32 Å². The predicted molar refractivity (Wildman–Crippen MR) is 81.6 cm³/mol. The van der Waals surface area contributed by atoms with Gasteiger partial charge in [-0.05, 0) is 54.9 Å². The first-order chi connectivity index (χ1) is 8.97. The molecule has 1 aromatic heterocycles. The van der Waals surface area contributed by atoms with Gasteiger partial charge in [0.1, 0.15) is 10.4 Å². The molecule has 0 aliphatic heterocycles. The summed E-state index contributed by atoms with van der Waals surface area (Å²) in [7, 11) is 0. The minimum atomic E-state index is 0.0153. The molecule has 0 bridgehead atoms. The summed E-state index contributed by atoms with van der Waals surface area (Å²) < 4.78 is 0.821. The maximum atomic E-state index is 9.93. The quantitative estimate of drug-likeness (QED) is 0.827. The van der Waals surface area contributed by atoms with E-state index < -0.39 is 0 Å². The molecule has 0 saturated heterocycles. The second kappa shape index (κ2) is 5.61. The van der Waals surface area contributed by atoms with Crippen molar-refractivity contribution in [2.75, 3.05) is 5.32 Å². The third kappa shape index (κ3) is 3.26. The third-order valence-electron chi connectivity index (χ3n) is 3.07. The Bertz CT molecular complexity index is 599. The zero-order valence-corrected chi connectivity index (χ0v) is 12.8. The average molecular weight is 321 g/mol. The number of aromatic nitrogens is 1. The second-order valence-electron chi connectivity index (χ2n) is 4.70. The van der Waals surface area contributed by atoms with Crippen LogP contribution in [-0.4, -0.2) is 10.1 Å². The van der Waals surface area contributed by atoms with Gasteiger partial charge >= 0.3 is 0 Å². The van der Waals surface area contributed by atoms with Crippen LogP contribution in [0.2, 0.25) is 0 Å². The van der Waals surface area contributed by atoms with Crippen LogP contribution in [0.15, 0.2) is 34.9 Å². The average Bonchev–Trinajstić information content (AvgIpc) is 2.35. The van der Waals surface area contributed by atoms with Crippen molar-refractivity contribution < 1.29 is 5.11 Å². The van der Waals surface area contributed by atoms with E-state index in [9.17, 15) is 5.11 Å². The van der Waals surface area contributed by atoms with Crippen molar-refractivity contribution in [3.8, 4) is 5.75 Å². The number of hydrogen-bond acceptors (Lipinski definition) is 3. The van der Waals surface area contributed by atoms with Crippen LogP contribution in [0.1, 0.15) is 29.8 Å². The number of nitrogens with zero attached hydrogens (tertiary/aromatic N) is 1. The third-order valence-corrected chi connectivity index (χ3v) is 3.52. The number of pyridine rings is 1. The highest BCUT2D eigenvalue weighted by atomic mass is 79.9. The van der Waals surface area contributed by atoms with Gasteiger partial charge in [0.15, 0.2) is 0 Å². The molecule has 0 radical (unpaired) electrons. The van der Waals surface area contributed by atoms with E-state index in [-0.39, 0.29) is 6.04 Å². The first kappa shape index (κ1) is 13.9. The van der Waals surface area contributed by atoms with E-state index in [1.165, 1.54) is 0 Å². The van der Waals surface area contributed by atoms with E-state index in [2.05, 4.69) is 26.2 Å². The van der Waals surface area contributed by atoms with Crippen molar-refractivity contribution in [1.29, 1.82) is 0 Å². The summed E-state index contributed by atoms with van der Waals surface area (Å²) in [5.74, 6) is 0.313. The topological polar surface area (TPSA) is 45.1 Å². The summed E-state index contributed by atoms with van der Waals surface area (Å²) in [6, 6.07) is 9.53. The lowest BCUT2D eigenvalue weighted by Gasteiger charge is -2.18. The van der Waals surface area contributed by atoms with Crippen molar-refractivity contribution in [3.63, 3.8) is 0 Å². The standard InChI is InChI=1S/C15H17BrN2O/c1-9-4-6-14(19)12(8-9)10(2)17-13-5-7-15(16)18-11(13)3/h4-8,10,17,19H,1-3H3. The highest BCUT2D eigenvalue weighted by molar-refractivity contribution is 9.10. The Balaban J connectivity index is 2.25. The number of hydrogen-bond donors (Lipinski definition) is 2. The van der Waals surface area contributed by atoms with Gasteiger partial charge in [0.25, 0.3) is 0 Å². The molecule has 1 aromatic carbocycles. The lowest BCUT2D eigenvalue weighted by molar-refractivity contribution is 0.465. The minimum Gasteiger partial charge on any atom is -0.508 e. The minimum absolute atomic E-state index is 0.0153. The van der Waals surface area contributed by atoms with Gasteiger partial charge in [0.2, 0.25) is 0 Å². The predicted octanol–water partition coefficient (Wildman–Crippen LogP) is 4.34. The molecule has 2 N–H and O–H groups in total. The zero-order chi connectivity index (χ0) is 14.0. The molecule has 4 heteroatoms. The van der Waals surface area contributed by atoms with Gasteiger partial charge in [0.05, 0.1) is 17.4 Å². The molecule has 100 valence electrons. The number of phenolic OH excluding ortho intramolecular Hbond substituents is 1. The molecule has 1 unspecified atom stereocenters. The number of aryl methyl sites for hydroxylation is 2. The number of phenols is 1. The first-order valence-corrected chi connectivity index (χ1v) is 6.96. The summed E-state index contributed by atoms with van der Waals surface area (Å²) in [6.07, 6.45) is 0. The summed E-state index contributed by atoms with van der Waals surface area (Å²) >= 11 is 3.35. The monoisotopic (exact) mass is 320 g/mol. The Morgan fingerprint density at radius 1 is 1.21 bits per heavy atom. The summed E-state index contributed by atoms with van der Waals surface area (Å²) in [4.78, 5) is 4.35. The first-order valence-electron chi connectivity index (χ1n) is 6.16.